The maximum atomic E-state index is 11.8. The van der Waals surface area contributed by atoms with Gasteiger partial charge in [-0.15, -0.1) is 0 Å². The van der Waals surface area contributed by atoms with Gasteiger partial charge in [0.1, 0.15) is 0 Å². The van der Waals surface area contributed by atoms with Crippen LogP contribution in [0.25, 0.3) is 0 Å². The van der Waals surface area contributed by atoms with Gasteiger partial charge in [-0.2, -0.15) is 0 Å². The summed E-state index contributed by atoms with van der Waals surface area (Å²) in [6, 6.07) is 3.16. The molecule has 1 aliphatic rings. The summed E-state index contributed by atoms with van der Waals surface area (Å²) >= 11 is 5.63. The number of furan rings is 1. The molecule has 0 radical (unpaired) electrons. The highest BCUT2D eigenvalue weighted by Crippen LogP contribution is 2.19. The van der Waals surface area contributed by atoms with Crippen molar-refractivity contribution >= 4 is 17.5 Å². The van der Waals surface area contributed by atoms with Crippen molar-refractivity contribution in [3.05, 3.63) is 23.1 Å². The Morgan fingerprint density at radius 3 is 2.75 bits per heavy atom. The van der Waals surface area contributed by atoms with Crippen LogP contribution in [0.2, 0.25) is 5.22 Å². The van der Waals surface area contributed by atoms with E-state index in [9.17, 15) is 4.79 Å². The Morgan fingerprint density at radius 2 is 2.19 bits per heavy atom. The highest BCUT2D eigenvalue weighted by molar-refractivity contribution is 6.29. The second-order valence-electron chi connectivity index (χ2n) is 4.37. The molecule has 0 bridgehead atoms. The van der Waals surface area contributed by atoms with Crippen LogP contribution in [0.1, 0.15) is 30.3 Å². The minimum Gasteiger partial charge on any atom is -0.440 e. The number of nitrogens with one attached hydrogen (secondary N) is 2. The van der Waals surface area contributed by atoms with Crippen molar-refractivity contribution in [3.8, 4) is 0 Å². The van der Waals surface area contributed by atoms with Crippen molar-refractivity contribution in [2.24, 2.45) is 0 Å². The Morgan fingerprint density at radius 1 is 1.50 bits per heavy atom. The van der Waals surface area contributed by atoms with Crippen LogP contribution >= 0.6 is 11.6 Å². The fourth-order valence-electron chi connectivity index (χ4n) is 1.88. The minimum absolute atomic E-state index is 0.151. The lowest BCUT2D eigenvalue weighted by atomic mass is 9.90. The topological polar surface area (TPSA) is 54.3 Å². The summed E-state index contributed by atoms with van der Waals surface area (Å²) in [6.07, 6.45) is 1.85. The lowest BCUT2D eigenvalue weighted by molar-refractivity contribution is 0.0859. The molecule has 0 unspecified atom stereocenters. The Hall–Kier alpha value is -1.00. The second kappa shape index (κ2) is 4.47. The van der Waals surface area contributed by atoms with Crippen molar-refractivity contribution in [2.75, 3.05) is 13.1 Å². The SMILES string of the molecule is CC1(NC(=O)c2ccc(Cl)o2)CCNCC1. The van der Waals surface area contributed by atoms with Crippen molar-refractivity contribution in [3.63, 3.8) is 0 Å². The van der Waals surface area contributed by atoms with Gasteiger partial charge in [0.2, 0.25) is 0 Å². The molecule has 1 amide bonds. The van der Waals surface area contributed by atoms with Crippen LogP contribution in [0.3, 0.4) is 0 Å². The number of halogens is 1. The van der Waals surface area contributed by atoms with E-state index in [0.29, 0.717) is 0 Å². The molecule has 1 saturated heterocycles. The largest absolute Gasteiger partial charge is 0.440 e. The fourth-order valence-corrected chi connectivity index (χ4v) is 2.02. The summed E-state index contributed by atoms with van der Waals surface area (Å²) in [4.78, 5) is 11.8. The molecule has 0 aromatic carbocycles. The molecule has 0 aliphatic carbocycles. The Kier molecular flexibility index (Phi) is 3.21. The molecule has 0 saturated carbocycles. The van der Waals surface area contributed by atoms with Gasteiger partial charge in [-0.05, 0) is 56.6 Å². The van der Waals surface area contributed by atoms with E-state index in [1.807, 2.05) is 0 Å². The van der Waals surface area contributed by atoms with E-state index in [0.717, 1.165) is 25.9 Å². The highest BCUT2D eigenvalue weighted by atomic mass is 35.5. The number of piperidine rings is 1. The van der Waals surface area contributed by atoms with Crippen LogP contribution in [0, 0.1) is 0 Å². The van der Waals surface area contributed by atoms with Crippen LogP contribution < -0.4 is 10.6 Å². The average molecular weight is 243 g/mol. The lowest BCUT2D eigenvalue weighted by Crippen LogP contribution is -2.52. The normalized spacial score (nSPS) is 19.4. The van der Waals surface area contributed by atoms with E-state index < -0.39 is 0 Å². The van der Waals surface area contributed by atoms with E-state index >= 15 is 0 Å². The first-order valence-electron chi connectivity index (χ1n) is 5.38. The molecule has 1 aromatic rings. The number of carbonyl (C=O) groups is 1. The quantitative estimate of drug-likeness (QED) is 0.832. The Labute approximate surface area is 99.3 Å². The van der Waals surface area contributed by atoms with E-state index in [4.69, 9.17) is 16.0 Å². The summed E-state index contributed by atoms with van der Waals surface area (Å²) in [5.41, 5.74) is -0.151. The second-order valence-corrected chi connectivity index (χ2v) is 4.74. The van der Waals surface area contributed by atoms with E-state index in [1.54, 1.807) is 12.1 Å². The van der Waals surface area contributed by atoms with Gasteiger partial charge in [0, 0.05) is 5.54 Å². The van der Waals surface area contributed by atoms with Crippen molar-refractivity contribution in [2.45, 2.75) is 25.3 Å². The molecule has 1 aliphatic heterocycles. The van der Waals surface area contributed by atoms with Gasteiger partial charge >= 0.3 is 0 Å². The maximum absolute atomic E-state index is 11.8. The van der Waals surface area contributed by atoms with Gasteiger partial charge in [-0.25, -0.2) is 0 Å². The zero-order valence-corrected chi connectivity index (χ0v) is 9.93. The van der Waals surface area contributed by atoms with Crippen LogP contribution in [-0.4, -0.2) is 24.5 Å². The third-order valence-electron chi connectivity index (χ3n) is 2.92. The molecule has 1 fully saturated rings. The third kappa shape index (κ3) is 2.57. The monoisotopic (exact) mass is 242 g/mol. The number of hydrogen-bond donors (Lipinski definition) is 2. The molecule has 2 N–H and O–H groups in total. The molecule has 2 rings (SSSR count). The van der Waals surface area contributed by atoms with Crippen molar-refractivity contribution in [1.29, 1.82) is 0 Å². The first-order chi connectivity index (χ1) is 7.59. The van der Waals surface area contributed by atoms with Crippen LogP contribution in [-0.2, 0) is 0 Å². The average Bonchev–Trinajstić information content (AvgIpc) is 2.65. The van der Waals surface area contributed by atoms with Gasteiger partial charge in [-0.1, -0.05) is 0 Å². The molecular formula is C11H15ClN2O2. The fraction of sp³-hybridized carbons (Fsp3) is 0.545. The Bertz CT molecular complexity index is 383. The summed E-state index contributed by atoms with van der Waals surface area (Å²) in [7, 11) is 0. The van der Waals surface area contributed by atoms with E-state index in [2.05, 4.69) is 17.6 Å². The first kappa shape index (κ1) is 11.5. The summed E-state index contributed by atoms with van der Waals surface area (Å²) in [5, 5.41) is 6.49. The van der Waals surface area contributed by atoms with Crippen molar-refractivity contribution < 1.29 is 9.21 Å². The number of amides is 1. The van der Waals surface area contributed by atoms with Gasteiger partial charge in [-0.3, -0.25) is 4.79 Å². The smallest absolute Gasteiger partial charge is 0.287 e. The van der Waals surface area contributed by atoms with Crippen LogP contribution in [0.15, 0.2) is 16.5 Å². The predicted octanol–water partition coefficient (Wildman–Crippen LogP) is 1.80. The summed E-state index contributed by atoms with van der Waals surface area (Å²) in [6.45, 7) is 3.90. The predicted molar refractivity (Wildman–Crippen MR) is 61.7 cm³/mol. The van der Waals surface area contributed by atoms with E-state index in [-0.39, 0.29) is 22.4 Å². The number of carbonyl (C=O) groups excluding carboxylic acids is 1. The number of rotatable bonds is 2. The standard InChI is InChI=1S/C11H15ClN2O2/c1-11(4-6-13-7-5-11)14-10(15)8-2-3-9(12)16-8/h2-3,13H,4-7H2,1H3,(H,14,15). The molecular weight excluding hydrogens is 228 g/mol. The number of hydrogen-bond acceptors (Lipinski definition) is 3. The molecule has 88 valence electrons. The van der Waals surface area contributed by atoms with Gasteiger partial charge < -0.3 is 15.1 Å². The highest BCUT2D eigenvalue weighted by Gasteiger charge is 2.29. The van der Waals surface area contributed by atoms with Crippen molar-refractivity contribution in [1.82, 2.24) is 10.6 Å². The molecule has 5 heteroatoms. The molecule has 4 nitrogen and oxygen atoms in total. The van der Waals surface area contributed by atoms with Crippen LogP contribution in [0.5, 0.6) is 0 Å². The molecule has 2 heterocycles. The van der Waals surface area contributed by atoms with Gasteiger partial charge in [0.25, 0.3) is 5.91 Å². The van der Waals surface area contributed by atoms with Crippen LogP contribution in [0.4, 0.5) is 0 Å². The maximum Gasteiger partial charge on any atom is 0.287 e. The Balaban J connectivity index is 2.01. The van der Waals surface area contributed by atoms with Gasteiger partial charge in [0.05, 0.1) is 0 Å². The zero-order valence-electron chi connectivity index (χ0n) is 9.18. The lowest BCUT2D eigenvalue weighted by Gasteiger charge is -2.34. The molecule has 16 heavy (non-hydrogen) atoms. The summed E-state index contributed by atoms with van der Waals surface area (Å²) in [5.74, 6) is 0.0704. The first-order valence-corrected chi connectivity index (χ1v) is 5.75. The molecule has 0 spiro atoms. The van der Waals surface area contributed by atoms with Gasteiger partial charge in [0.15, 0.2) is 11.0 Å². The molecule has 1 aromatic heterocycles. The summed E-state index contributed by atoms with van der Waals surface area (Å²) < 4.78 is 5.07. The zero-order chi connectivity index (χ0) is 11.6. The minimum atomic E-state index is -0.198. The molecule has 0 atom stereocenters. The van der Waals surface area contributed by atoms with E-state index in [1.165, 1.54) is 0 Å². The third-order valence-corrected chi connectivity index (χ3v) is 3.12.